The van der Waals surface area contributed by atoms with Crippen LogP contribution in [-0.4, -0.2) is 72.7 Å². The molecule has 0 aliphatic carbocycles. The second-order valence-electron chi connectivity index (χ2n) is 5.70. The van der Waals surface area contributed by atoms with Crippen LogP contribution < -0.4 is 5.32 Å². The lowest BCUT2D eigenvalue weighted by molar-refractivity contribution is -0.136. The first-order valence-corrected chi connectivity index (χ1v) is 7.60. The molecule has 19 heavy (non-hydrogen) atoms. The van der Waals surface area contributed by atoms with E-state index in [1.165, 1.54) is 12.8 Å². The number of nitrogens with zero attached hydrogens (tertiary/aromatic N) is 2. The maximum Gasteiger partial charge on any atom is 0.239 e. The number of aliphatic hydroxyl groups excluding tert-OH is 1. The molecule has 2 rings (SSSR count). The number of nitrogens with one attached hydrogen (secondary N) is 1. The van der Waals surface area contributed by atoms with Gasteiger partial charge in [-0.25, -0.2) is 0 Å². The molecule has 2 unspecified atom stereocenters. The Kier molecular flexibility index (Phi) is 5.60. The van der Waals surface area contributed by atoms with Crippen molar-refractivity contribution in [1.82, 2.24) is 15.1 Å². The predicted octanol–water partition coefficient (Wildman–Crippen LogP) is -0.0989. The van der Waals surface area contributed by atoms with Crippen LogP contribution in [0.2, 0.25) is 0 Å². The van der Waals surface area contributed by atoms with E-state index in [0.29, 0.717) is 5.92 Å². The molecule has 2 N–H and O–H groups in total. The second-order valence-corrected chi connectivity index (χ2v) is 5.70. The van der Waals surface area contributed by atoms with Crippen molar-refractivity contribution in [3.63, 3.8) is 0 Å². The van der Waals surface area contributed by atoms with E-state index in [0.717, 1.165) is 45.7 Å². The molecule has 5 heteroatoms. The van der Waals surface area contributed by atoms with Gasteiger partial charge in [0, 0.05) is 32.7 Å². The van der Waals surface area contributed by atoms with Crippen molar-refractivity contribution >= 4 is 5.91 Å². The van der Waals surface area contributed by atoms with Gasteiger partial charge in [0.2, 0.25) is 5.91 Å². The van der Waals surface area contributed by atoms with E-state index in [-0.39, 0.29) is 18.6 Å². The highest BCUT2D eigenvalue weighted by atomic mass is 16.3. The lowest BCUT2D eigenvalue weighted by atomic mass is 9.90. The highest BCUT2D eigenvalue weighted by Gasteiger charge is 2.30. The molecule has 5 nitrogen and oxygen atoms in total. The molecule has 2 aliphatic heterocycles. The Bertz CT molecular complexity index is 290. The lowest BCUT2D eigenvalue weighted by Crippen LogP contribution is -2.56. The van der Waals surface area contributed by atoms with E-state index < -0.39 is 0 Å². The average molecular weight is 269 g/mol. The number of amides is 1. The van der Waals surface area contributed by atoms with Crippen molar-refractivity contribution in [2.24, 2.45) is 5.92 Å². The van der Waals surface area contributed by atoms with E-state index >= 15 is 0 Å². The van der Waals surface area contributed by atoms with Crippen LogP contribution in [0, 0.1) is 5.92 Å². The van der Waals surface area contributed by atoms with E-state index in [2.05, 4.69) is 17.1 Å². The fourth-order valence-corrected chi connectivity index (χ4v) is 3.11. The Balaban J connectivity index is 1.80. The maximum absolute atomic E-state index is 12.5. The second kappa shape index (κ2) is 7.22. The summed E-state index contributed by atoms with van der Waals surface area (Å²) in [7, 11) is 0. The van der Waals surface area contributed by atoms with Crippen molar-refractivity contribution in [3.05, 3.63) is 0 Å². The Labute approximate surface area is 115 Å². The van der Waals surface area contributed by atoms with Gasteiger partial charge < -0.3 is 15.3 Å². The molecule has 2 aliphatic rings. The van der Waals surface area contributed by atoms with Crippen molar-refractivity contribution in [2.75, 3.05) is 45.9 Å². The molecule has 110 valence electrons. The number of piperazine rings is 1. The van der Waals surface area contributed by atoms with Gasteiger partial charge in [0.05, 0.1) is 12.6 Å². The first-order valence-electron chi connectivity index (χ1n) is 7.60. The molecule has 2 atom stereocenters. The highest BCUT2D eigenvalue weighted by Crippen LogP contribution is 2.20. The Morgan fingerprint density at radius 1 is 1.32 bits per heavy atom. The molecule has 0 saturated carbocycles. The van der Waals surface area contributed by atoms with E-state index in [4.69, 9.17) is 5.11 Å². The van der Waals surface area contributed by atoms with E-state index in [1.54, 1.807) is 0 Å². The van der Waals surface area contributed by atoms with Gasteiger partial charge in [0.1, 0.15) is 0 Å². The molecular weight excluding hydrogens is 242 g/mol. The predicted molar refractivity (Wildman–Crippen MR) is 74.9 cm³/mol. The molecular formula is C14H27N3O2. The maximum atomic E-state index is 12.5. The molecule has 2 heterocycles. The molecule has 0 aromatic heterocycles. The van der Waals surface area contributed by atoms with Gasteiger partial charge in [0.15, 0.2) is 0 Å². The van der Waals surface area contributed by atoms with Gasteiger partial charge in [-0.3, -0.25) is 9.69 Å². The third kappa shape index (κ3) is 3.91. The first kappa shape index (κ1) is 14.8. The summed E-state index contributed by atoms with van der Waals surface area (Å²) in [6, 6.07) is 0.0306. The van der Waals surface area contributed by atoms with E-state index in [1.807, 2.05) is 4.90 Å². The lowest BCUT2D eigenvalue weighted by Gasteiger charge is -2.38. The van der Waals surface area contributed by atoms with Crippen LogP contribution in [0.4, 0.5) is 0 Å². The number of carbonyl (C=O) groups is 1. The zero-order chi connectivity index (χ0) is 13.7. The van der Waals surface area contributed by atoms with Gasteiger partial charge in [0.25, 0.3) is 0 Å². The minimum atomic E-state index is 0.0306. The number of β-amino-alcohol motifs (C(OH)–C–C–N with tert-alkyl or cyclic N) is 1. The van der Waals surface area contributed by atoms with Crippen LogP contribution in [0.5, 0.6) is 0 Å². The minimum Gasteiger partial charge on any atom is -0.395 e. The van der Waals surface area contributed by atoms with Gasteiger partial charge in [-0.2, -0.15) is 0 Å². The quantitative estimate of drug-likeness (QED) is 0.748. The number of carbonyl (C=O) groups excluding carboxylic acids is 1. The normalized spacial score (nSPS) is 29.5. The van der Waals surface area contributed by atoms with Gasteiger partial charge in [-0.1, -0.05) is 13.3 Å². The Hall–Kier alpha value is -0.650. The summed E-state index contributed by atoms with van der Waals surface area (Å²) in [4.78, 5) is 16.7. The standard InChI is InChI=1S/C14H27N3O2/c1-2-12-3-4-15-13(11-12)14(19)17-7-5-16(6-8-17)9-10-18/h12-13,15,18H,2-11H2,1H3. The van der Waals surface area contributed by atoms with Gasteiger partial charge in [-0.15, -0.1) is 0 Å². The average Bonchev–Trinajstić information content (AvgIpc) is 2.48. The van der Waals surface area contributed by atoms with Crippen LogP contribution in [0.1, 0.15) is 26.2 Å². The van der Waals surface area contributed by atoms with Crippen molar-refractivity contribution in [3.8, 4) is 0 Å². The number of aliphatic hydroxyl groups is 1. The van der Waals surface area contributed by atoms with Gasteiger partial charge >= 0.3 is 0 Å². The fraction of sp³-hybridized carbons (Fsp3) is 0.929. The molecule has 2 fully saturated rings. The summed E-state index contributed by atoms with van der Waals surface area (Å²) in [5, 5.41) is 12.3. The molecule has 0 bridgehead atoms. The summed E-state index contributed by atoms with van der Waals surface area (Å²) in [5.41, 5.74) is 0. The fourth-order valence-electron chi connectivity index (χ4n) is 3.11. The van der Waals surface area contributed by atoms with Crippen LogP contribution in [0.25, 0.3) is 0 Å². The first-order chi connectivity index (χ1) is 9.24. The molecule has 0 aromatic carbocycles. The minimum absolute atomic E-state index is 0.0306. The Morgan fingerprint density at radius 2 is 2.05 bits per heavy atom. The molecule has 0 radical (unpaired) electrons. The summed E-state index contributed by atoms with van der Waals surface area (Å²) in [6.45, 7) is 7.48. The Morgan fingerprint density at radius 3 is 2.68 bits per heavy atom. The smallest absolute Gasteiger partial charge is 0.239 e. The summed E-state index contributed by atoms with van der Waals surface area (Å²) < 4.78 is 0. The van der Waals surface area contributed by atoms with Crippen molar-refractivity contribution in [2.45, 2.75) is 32.2 Å². The summed E-state index contributed by atoms with van der Waals surface area (Å²) in [5.74, 6) is 0.979. The van der Waals surface area contributed by atoms with E-state index in [9.17, 15) is 4.79 Å². The van der Waals surface area contributed by atoms with Crippen LogP contribution in [0.3, 0.4) is 0 Å². The zero-order valence-corrected chi connectivity index (χ0v) is 12.0. The molecule has 0 spiro atoms. The number of hydrogen-bond acceptors (Lipinski definition) is 4. The van der Waals surface area contributed by atoms with Crippen molar-refractivity contribution in [1.29, 1.82) is 0 Å². The van der Waals surface area contributed by atoms with Crippen LogP contribution >= 0.6 is 0 Å². The summed E-state index contributed by atoms with van der Waals surface area (Å²) in [6.07, 6.45) is 3.37. The third-order valence-corrected chi connectivity index (χ3v) is 4.49. The monoisotopic (exact) mass is 269 g/mol. The number of hydrogen-bond donors (Lipinski definition) is 2. The van der Waals surface area contributed by atoms with Crippen molar-refractivity contribution < 1.29 is 9.90 Å². The highest BCUT2D eigenvalue weighted by molar-refractivity contribution is 5.82. The largest absolute Gasteiger partial charge is 0.395 e. The molecule has 2 saturated heterocycles. The SMILES string of the molecule is CCC1CCNC(C(=O)N2CCN(CCO)CC2)C1. The van der Waals surface area contributed by atoms with Crippen LogP contribution in [0.15, 0.2) is 0 Å². The third-order valence-electron chi connectivity index (χ3n) is 4.49. The molecule has 0 aromatic rings. The topological polar surface area (TPSA) is 55.8 Å². The number of rotatable bonds is 4. The number of piperidine rings is 1. The van der Waals surface area contributed by atoms with Gasteiger partial charge in [-0.05, 0) is 25.3 Å². The molecule has 1 amide bonds. The summed E-state index contributed by atoms with van der Waals surface area (Å²) >= 11 is 0. The van der Waals surface area contributed by atoms with Crippen LogP contribution in [-0.2, 0) is 4.79 Å². The zero-order valence-electron chi connectivity index (χ0n) is 12.0.